The Morgan fingerprint density at radius 2 is 1.97 bits per heavy atom. The second-order valence-electron chi connectivity index (χ2n) is 9.87. The number of carbonyl (C=O) groups excluding carboxylic acids is 1. The van der Waals surface area contributed by atoms with Gasteiger partial charge in [-0.2, -0.15) is 5.26 Å². The molecule has 1 aliphatic heterocycles. The topological polar surface area (TPSA) is 114 Å². The zero-order valence-electron chi connectivity index (χ0n) is 20.4. The number of rotatable bonds is 5. The van der Waals surface area contributed by atoms with Gasteiger partial charge in [-0.25, -0.2) is 23.7 Å². The molecule has 1 fully saturated rings. The molecule has 1 aromatic carbocycles. The highest BCUT2D eigenvalue weighted by molar-refractivity contribution is 5.94. The van der Waals surface area contributed by atoms with E-state index >= 15 is 0 Å². The van der Waals surface area contributed by atoms with Crippen LogP contribution in [-0.2, 0) is 23.3 Å². The summed E-state index contributed by atoms with van der Waals surface area (Å²) < 4.78 is 32.5. The predicted octanol–water partition coefficient (Wildman–Crippen LogP) is 4.45. The fourth-order valence-corrected chi connectivity index (χ4v) is 4.64. The van der Waals surface area contributed by atoms with E-state index in [0.29, 0.717) is 34.8 Å². The van der Waals surface area contributed by atoms with Gasteiger partial charge in [-0.05, 0) is 54.4 Å². The molecule has 190 valence electrons. The van der Waals surface area contributed by atoms with E-state index in [1.165, 1.54) is 6.20 Å². The fraction of sp³-hybridized carbons (Fsp3) is 0.286. The van der Waals surface area contributed by atoms with Crippen LogP contribution in [0.2, 0.25) is 0 Å². The highest BCUT2D eigenvalue weighted by Crippen LogP contribution is 2.54. The minimum absolute atomic E-state index is 0.123. The van der Waals surface area contributed by atoms with E-state index in [1.54, 1.807) is 43.5 Å². The highest BCUT2D eigenvalue weighted by atomic mass is 19.3. The molecule has 3 aromatic heterocycles. The van der Waals surface area contributed by atoms with Crippen molar-refractivity contribution in [3.63, 3.8) is 0 Å². The molecule has 4 aromatic rings. The first-order valence-electron chi connectivity index (χ1n) is 12.1. The fourth-order valence-electron chi connectivity index (χ4n) is 4.64. The molecular weight excluding hydrogens is 490 g/mol. The van der Waals surface area contributed by atoms with Crippen LogP contribution in [0, 0.1) is 11.3 Å². The van der Waals surface area contributed by atoms with E-state index in [9.17, 15) is 18.8 Å². The molecule has 0 radical (unpaired) electrons. The molecule has 2 atom stereocenters. The van der Waals surface area contributed by atoms with E-state index in [1.807, 2.05) is 12.1 Å². The lowest BCUT2D eigenvalue weighted by molar-refractivity contribution is 0.0757. The standard InChI is InChI=1S/C28H22F2N6O2/c1-27(14-31)15-38-13-18-3-2-16(8-20(18)27)26(37)34-12-19-9-24-17(11-33-19)4-5-22(35-24)23-6-7-32-25(36-23)21-10-28(21,29)30/h2-9,11,21H,10,12-13,15H2,1H3,(H,34,37)/t21-,27-/m1/s1. The van der Waals surface area contributed by atoms with Crippen molar-refractivity contribution in [3.8, 4) is 17.5 Å². The number of halogens is 2. The molecular formula is C28H22F2N6O2. The second-order valence-corrected chi connectivity index (χ2v) is 9.87. The van der Waals surface area contributed by atoms with Crippen molar-refractivity contribution in [2.24, 2.45) is 0 Å². The number of pyridine rings is 2. The Morgan fingerprint density at radius 3 is 2.76 bits per heavy atom. The normalized spacial score (nSPS) is 21.4. The first-order valence-corrected chi connectivity index (χ1v) is 12.1. The summed E-state index contributed by atoms with van der Waals surface area (Å²) in [6.07, 6.45) is 2.90. The van der Waals surface area contributed by atoms with Gasteiger partial charge < -0.3 is 10.1 Å². The summed E-state index contributed by atoms with van der Waals surface area (Å²) in [5.41, 5.74) is 3.58. The lowest BCUT2D eigenvalue weighted by Crippen LogP contribution is -2.33. The zero-order chi connectivity index (χ0) is 26.5. The number of hydrogen-bond donors (Lipinski definition) is 1. The number of nitriles is 1. The third-order valence-corrected chi connectivity index (χ3v) is 7.00. The number of alkyl halides is 2. The van der Waals surface area contributed by atoms with Gasteiger partial charge in [-0.15, -0.1) is 0 Å². The lowest BCUT2D eigenvalue weighted by Gasteiger charge is -2.30. The van der Waals surface area contributed by atoms with Gasteiger partial charge >= 0.3 is 0 Å². The molecule has 4 heterocycles. The number of hydrogen-bond acceptors (Lipinski definition) is 7. The smallest absolute Gasteiger partial charge is 0.259 e. The van der Waals surface area contributed by atoms with Crippen molar-refractivity contribution in [3.05, 3.63) is 83.1 Å². The molecule has 0 spiro atoms. The molecule has 1 amide bonds. The van der Waals surface area contributed by atoms with Gasteiger partial charge in [0.25, 0.3) is 11.8 Å². The molecule has 1 aliphatic carbocycles. The minimum atomic E-state index is -2.75. The van der Waals surface area contributed by atoms with Crippen molar-refractivity contribution >= 4 is 16.8 Å². The van der Waals surface area contributed by atoms with Gasteiger partial charge in [0.1, 0.15) is 11.2 Å². The van der Waals surface area contributed by atoms with Crippen LogP contribution < -0.4 is 5.32 Å². The maximum Gasteiger partial charge on any atom is 0.259 e. The van der Waals surface area contributed by atoms with E-state index in [-0.39, 0.29) is 31.3 Å². The molecule has 0 saturated heterocycles. The Labute approximate surface area is 216 Å². The molecule has 0 bridgehead atoms. The Hall–Kier alpha value is -4.36. The van der Waals surface area contributed by atoms with Crippen molar-refractivity contribution < 1.29 is 18.3 Å². The van der Waals surface area contributed by atoms with Crippen LogP contribution in [0.15, 0.2) is 54.9 Å². The summed E-state index contributed by atoms with van der Waals surface area (Å²) >= 11 is 0. The number of aromatic nitrogens is 4. The monoisotopic (exact) mass is 512 g/mol. The number of carbonyl (C=O) groups is 1. The number of fused-ring (bicyclic) bond motifs is 2. The van der Waals surface area contributed by atoms with E-state index in [4.69, 9.17) is 4.74 Å². The van der Waals surface area contributed by atoms with E-state index < -0.39 is 17.3 Å². The first kappa shape index (κ1) is 24.0. The van der Waals surface area contributed by atoms with Crippen LogP contribution in [0.5, 0.6) is 0 Å². The van der Waals surface area contributed by atoms with E-state index in [0.717, 1.165) is 16.5 Å². The van der Waals surface area contributed by atoms with Gasteiger partial charge in [-0.1, -0.05) is 6.07 Å². The number of ether oxygens (including phenoxy) is 1. The molecule has 0 unspecified atom stereocenters. The van der Waals surface area contributed by atoms with Crippen LogP contribution in [0.1, 0.15) is 52.3 Å². The zero-order valence-corrected chi connectivity index (χ0v) is 20.4. The number of nitrogens with one attached hydrogen (secondary N) is 1. The minimum Gasteiger partial charge on any atom is -0.375 e. The third-order valence-electron chi connectivity index (χ3n) is 7.00. The Balaban J connectivity index is 1.20. The number of benzene rings is 1. The Morgan fingerprint density at radius 1 is 1.16 bits per heavy atom. The van der Waals surface area contributed by atoms with E-state index in [2.05, 4.69) is 31.3 Å². The molecule has 2 aliphatic rings. The maximum absolute atomic E-state index is 13.5. The van der Waals surface area contributed by atoms with Gasteiger partial charge in [0.05, 0.1) is 54.3 Å². The number of amides is 1. The lowest BCUT2D eigenvalue weighted by atomic mass is 9.79. The van der Waals surface area contributed by atoms with Crippen molar-refractivity contribution in [1.29, 1.82) is 5.26 Å². The van der Waals surface area contributed by atoms with Crippen molar-refractivity contribution in [2.45, 2.75) is 43.8 Å². The largest absolute Gasteiger partial charge is 0.375 e. The number of nitrogens with zero attached hydrogens (tertiary/aromatic N) is 5. The SMILES string of the molecule is C[C@@]1(C#N)COCc2ccc(C(=O)NCc3cc4nc(-c5ccnc([C@H]6CC6(F)F)n5)ccc4cn3)cc21. The Bertz CT molecular complexity index is 1640. The summed E-state index contributed by atoms with van der Waals surface area (Å²) in [6, 6.07) is 14.6. The molecule has 1 saturated carbocycles. The molecule has 6 rings (SSSR count). The Kier molecular flexibility index (Phi) is 5.61. The first-order chi connectivity index (χ1) is 18.3. The maximum atomic E-state index is 13.5. The van der Waals surface area contributed by atoms with Gasteiger partial charge in [0.15, 0.2) is 0 Å². The molecule has 1 N–H and O–H groups in total. The summed E-state index contributed by atoms with van der Waals surface area (Å²) in [7, 11) is 0. The summed E-state index contributed by atoms with van der Waals surface area (Å²) in [5, 5.41) is 13.3. The molecule has 8 nitrogen and oxygen atoms in total. The molecule has 10 heteroatoms. The average Bonchev–Trinajstić information content (AvgIpc) is 3.59. The van der Waals surface area contributed by atoms with Crippen LogP contribution in [0.3, 0.4) is 0 Å². The predicted molar refractivity (Wildman–Crippen MR) is 133 cm³/mol. The molecule has 38 heavy (non-hydrogen) atoms. The summed E-state index contributed by atoms with van der Waals surface area (Å²) in [5.74, 6) is -3.85. The van der Waals surface area contributed by atoms with Gasteiger partial charge in [0, 0.05) is 29.8 Å². The third kappa shape index (κ3) is 4.35. The van der Waals surface area contributed by atoms with Gasteiger partial charge in [0.2, 0.25) is 0 Å². The van der Waals surface area contributed by atoms with Gasteiger partial charge in [-0.3, -0.25) is 9.78 Å². The van der Waals surface area contributed by atoms with Crippen LogP contribution in [0.4, 0.5) is 8.78 Å². The summed E-state index contributed by atoms with van der Waals surface area (Å²) in [6.45, 7) is 2.66. The van der Waals surface area contributed by atoms with Crippen LogP contribution in [0.25, 0.3) is 22.3 Å². The van der Waals surface area contributed by atoms with Crippen LogP contribution >= 0.6 is 0 Å². The van der Waals surface area contributed by atoms with Crippen LogP contribution in [-0.4, -0.2) is 38.4 Å². The van der Waals surface area contributed by atoms with Crippen molar-refractivity contribution in [1.82, 2.24) is 25.3 Å². The average molecular weight is 513 g/mol. The van der Waals surface area contributed by atoms with Crippen molar-refractivity contribution in [2.75, 3.05) is 6.61 Å². The quantitative estimate of drug-likeness (QED) is 0.420. The second kappa shape index (κ2) is 8.89. The highest BCUT2D eigenvalue weighted by Gasteiger charge is 2.59. The summed E-state index contributed by atoms with van der Waals surface area (Å²) in [4.78, 5) is 30.3.